The number of nitrogens with one attached hydrogen (secondary N) is 1. The minimum Gasteiger partial charge on any atom is -0.324 e. The predicted octanol–water partition coefficient (Wildman–Crippen LogP) is 3.58. The average Bonchev–Trinajstić information content (AvgIpc) is 3.27. The normalized spacial score (nSPS) is 16.1. The lowest BCUT2D eigenvalue weighted by Crippen LogP contribution is -2.33. The van der Waals surface area contributed by atoms with Gasteiger partial charge in [-0.15, -0.1) is 0 Å². The lowest BCUT2D eigenvalue weighted by molar-refractivity contribution is -0.116. The van der Waals surface area contributed by atoms with Crippen LogP contribution in [-0.2, 0) is 21.2 Å². The minimum absolute atomic E-state index is 0.0247. The zero-order valence-electron chi connectivity index (χ0n) is 15.7. The third-order valence-corrected chi connectivity index (χ3v) is 6.30. The van der Waals surface area contributed by atoms with Gasteiger partial charge in [-0.25, -0.2) is 8.42 Å². The van der Waals surface area contributed by atoms with Crippen LogP contribution >= 0.6 is 0 Å². The molecule has 28 heavy (non-hydrogen) atoms. The molecule has 0 saturated carbocycles. The summed E-state index contributed by atoms with van der Waals surface area (Å²) in [7, 11) is -3.74. The third kappa shape index (κ3) is 3.29. The van der Waals surface area contributed by atoms with Crippen molar-refractivity contribution in [3.05, 3.63) is 72.6 Å². The summed E-state index contributed by atoms with van der Waals surface area (Å²) in [6.45, 7) is 3.48. The van der Waals surface area contributed by atoms with E-state index in [-0.39, 0.29) is 16.8 Å². The summed E-state index contributed by atoms with van der Waals surface area (Å²) < 4.78 is 30.4. The number of aromatic nitrogens is 1. The van der Waals surface area contributed by atoms with E-state index in [9.17, 15) is 13.2 Å². The number of rotatable bonds is 4. The molecule has 0 saturated heterocycles. The Balaban J connectivity index is 1.63. The van der Waals surface area contributed by atoms with Gasteiger partial charge in [-0.1, -0.05) is 6.07 Å². The van der Waals surface area contributed by atoms with E-state index in [1.807, 2.05) is 48.1 Å². The number of amides is 1. The molecule has 1 amide bonds. The van der Waals surface area contributed by atoms with Gasteiger partial charge in [0.25, 0.3) is 10.0 Å². The number of sulfonamides is 1. The molecule has 1 aromatic heterocycles. The van der Waals surface area contributed by atoms with Crippen molar-refractivity contribution in [3.63, 3.8) is 0 Å². The molecule has 2 heterocycles. The fourth-order valence-electron chi connectivity index (χ4n) is 3.71. The molecule has 1 unspecified atom stereocenters. The monoisotopic (exact) mass is 395 g/mol. The second-order valence-electron chi connectivity index (χ2n) is 6.98. The second kappa shape index (κ2) is 6.83. The number of benzene rings is 2. The van der Waals surface area contributed by atoms with E-state index in [0.717, 1.165) is 16.9 Å². The first-order chi connectivity index (χ1) is 13.3. The van der Waals surface area contributed by atoms with Crippen LogP contribution in [0.15, 0.2) is 71.9 Å². The number of nitrogens with zero attached hydrogens (tertiary/aromatic N) is 2. The molecule has 3 aromatic rings. The topological polar surface area (TPSA) is 71.4 Å². The summed E-state index contributed by atoms with van der Waals surface area (Å²) >= 11 is 0. The van der Waals surface area contributed by atoms with Crippen molar-refractivity contribution in [2.45, 2.75) is 31.2 Å². The van der Waals surface area contributed by atoms with Crippen LogP contribution in [0.1, 0.15) is 19.4 Å². The van der Waals surface area contributed by atoms with E-state index in [1.54, 1.807) is 35.2 Å². The van der Waals surface area contributed by atoms with Gasteiger partial charge in [0.1, 0.15) is 0 Å². The minimum atomic E-state index is -3.74. The van der Waals surface area contributed by atoms with Crippen LogP contribution in [0.2, 0.25) is 0 Å². The summed E-state index contributed by atoms with van der Waals surface area (Å²) in [5.74, 6) is -0.0400. The van der Waals surface area contributed by atoms with Crippen molar-refractivity contribution < 1.29 is 13.2 Å². The van der Waals surface area contributed by atoms with E-state index < -0.39 is 10.0 Å². The molecule has 0 spiro atoms. The highest BCUT2D eigenvalue weighted by Gasteiger charge is 2.30. The van der Waals surface area contributed by atoms with Gasteiger partial charge in [0.2, 0.25) is 5.91 Å². The molecule has 1 N–H and O–H groups in total. The van der Waals surface area contributed by atoms with Crippen molar-refractivity contribution in [3.8, 4) is 5.69 Å². The molecule has 6 nitrogen and oxygen atoms in total. The van der Waals surface area contributed by atoms with Crippen LogP contribution in [0, 0.1) is 0 Å². The second-order valence-corrected chi connectivity index (χ2v) is 8.66. The van der Waals surface area contributed by atoms with E-state index >= 15 is 0 Å². The maximum atomic E-state index is 12.9. The lowest BCUT2D eigenvalue weighted by atomic mass is 10.1. The molecule has 0 radical (unpaired) electrons. The summed E-state index contributed by atoms with van der Waals surface area (Å²) in [4.78, 5) is 13.8. The fourth-order valence-corrected chi connectivity index (χ4v) is 4.80. The first-order valence-corrected chi connectivity index (χ1v) is 10.5. The number of hydrogen-bond acceptors (Lipinski definition) is 3. The molecule has 1 aliphatic heterocycles. The number of carbonyl (C=O) groups excluding carboxylic acids is 1. The molecule has 7 heteroatoms. The molecule has 2 aromatic carbocycles. The molecular weight excluding hydrogens is 374 g/mol. The summed E-state index contributed by atoms with van der Waals surface area (Å²) in [6.07, 6.45) is 4.44. The van der Waals surface area contributed by atoms with Crippen LogP contribution in [0.3, 0.4) is 0 Å². The van der Waals surface area contributed by atoms with E-state index in [0.29, 0.717) is 12.1 Å². The van der Waals surface area contributed by atoms with E-state index in [4.69, 9.17) is 0 Å². The van der Waals surface area contributed by atoms with Gasteiger partial charge in [0.05, 0.1) is 10.6 Å². The van der Waals surface area contributed by atoms with Gasteiger partial charge in [0, 0.05) is 36.7 Å². The van der Waals surface area contributed by atoms with Crippen molar-refractivity contribution in [1.29, 1.82) is 0 Å². The Bertz CT molecular complexity index is 1140. The Morgan fingerprint density at radius 2 is 1.82 bits per heavy atom. The van der Waals surface area contributed by atoms with E-state index in [2.05, 4.69) is 4.72 Å². The molecule has 0 aliphatic carbocycles. The zero-order chi connectivity index (χ0) is 19.9. The molecule has 144 valence electrons. The third-order valence-electron chi connectivity index (χ3n) is 4.92. The smallest absolute Gasteiger partial charge is 0.261 e. The van der Waals surface area contributed by atoms with Crippen LogP contribution in [0.4, 0.5) is 11.4 Å². The summed E-state index contributed by atoms with van der Waals surface area (Å²) in [6, 6.07) is 16.0. The number of anilines is 2. The molecule has 4 rings (SSSR count). The highest BCUT2D eigenvalue weighted by Crippen LogP contribution is 2.34. The van der Waals surface area contributed by atoms with Crippen LogP contribution in [-0.4, -0.2) is 24.9 Å². The summed E-state index contributed by atoms with van der Waals surface area (Å²) in [5.41, 5.74) is 3.01. The Labute approximate surface area is 164 Å². The van der Waals surface area contributed by atoms with Gasteiger partial charge in [-0.05, 0) is 67.4 Å². The van der Waals surface area contributed by atoms with Gasteiger partial charge >= 0.3 is 0 Å². The van der Waals surface area contributed by atoms with Crippen LogP contribution in [0.5, 0.6) is 0 Å². The van der Waals surface area contributed by atoms with Gasteiger partial charge < -0.3 is 9.47 Å². The van der Waals surface area contributed by atoms with Crippen molar-refractivity contribution >= 4 is 27.3 Å². The van der Waals surface area contributed by atoms with Gasteiger partial charge in [0.15, 0.2) is 0 Å². The number of hydrogen-bond donors (Lipinski definition) is 1. The van der Waals surface area contributed by atoms with Crippen molar-refractivity contribution in [1.82, 2.24) is 4.57 Å². The molecule has 0 bridgehead atoms. The maximum absolute atomic E-state index is 12.9. The van der Waals surface area contributed by atoms with Crippen molar-refractivity contribution in [2.24, 2.45) is 0 Å². The SMILES string of the molecule is CC(=O)N1c2ccc(S(=O)(=O)Nc3cccc(-n4cccc4)c3)cc2CC1C. The Morgan fingerprint density at radius 3 is 2.54 bits per heavy atom. The molecule has 1 aliphatic rings. The largest absolute Gasteiger partial charge is 0.324 e. The quantitative estimate of drug-likeness (QED) is 0.734. The highest BCUT2D eigenvalue weighted by molar-refractivity contribution is 7.92. The summed E-state index contributed by atoms with van der Waals surface area (Å²) in [5, 5.41) is 0. The number of fused-ring (bicyclic) bond motifs is 1. The maximum Gasteiger partial charge on any atom is 0.261 e. The van der Waals surface area contributed by atoms with E-state index in [1.165, 1.54) is 6.92 Å². The average molecular weight is 395 g/mol. The molecule has 0 fully saturated rings. The highest BCUT2D eigenvalue weighted by atomic mass is 32.2. The predicted molar refractivity (Wildman–Crippen MR) is 109 cm³/mol. The fraction of sp³-hybridized carbons (Fsp3) is 0.190. The zero-order valence-corrected chi connectivity index (χ0v) is 16.5. The van der Waals surface area contributed by atoms with Crippen LogP contribution < -0.4 is 9.62 Å². The number of carbonyl (C=O) groups is 1. The van der Waals surface area contributed by atoms with Gasteiger partial charge in [-0.2, -0.15) is 0 Å². The first-order valence-electron chi connectivity index (χ1n) is 9.04. The lowest BCUT2D eigenvalue weighted by Gasteiger charge is -2.20. The Morgan fingerprint density at radius 1 is 1.07 bits per heavy atom. The van der Waals surface area contributed by atoms with Crippen LogP contribution in [0.25, 0.3) is 5.69 Å². The Hall–Kier alpha value is -3.06. The molecular formula is C21H21N3O3S. The standard InChI is InChI=1S/C21H21N3O3S/c1-15-12-17-13-20(8-9-21(17)24(15)16(2)25)28(26,27)22-18-6-5-7-19(14-18)23-10-3-4-11-23/h3-11,13-15,22H,12H2,1-2H3. The first kappa shape index (κ1) is 18.3. The van der Waals surface area contributed by atoms with Crippen molar-refractivity contribution in [2.75, 3.05) is 9.62 Å². The van der Waals surface area contributed by atoms with Gasteiger partial charge in [-0.3, -0.25) is 9.52 Å². The Kier molecular flexibility index (Phi) is 4.47. The molecule has 1 atom stereocenters.